The highest BCUT2D eigenvalue weighted by atomic mass is 35.5. The number of aliphatic carboxylic acids is 1. The van der Waals surface area contributed by atoms with E-state index in [4.69, 9.17) is 21.4 Å². The summed E-state index contributed by atoms with van der Waals surface area (Å²) < 4.78 is 5.30. The van der Waals surface area contributed by atoms with Crippen LogP contribution in [0.2, 0.25) is 5.02 Å². The number of hydrogen-bond acceptors (Lipinski definition) is 3. The predicted octanol–water partition coefficient (Wildman–Crippen LogP) is 3.84. The monoisotopic (exact) mass is 300 g/mol. The first-order valence-corrected chi connectivity index (χ1v) is 7.70. The lowest BCUT2D eigenvalue weighted by Crippen LogP contribution is -2.11. The number of carboxylic acid groups (broad SMARTS) is 1. The average Bonchev–Trinajstić information content (AvgIpc) is 3.08. The van der Waals surface area contributed by atoms with Crippen molar-refractivity contribution in [1.29, 1.82) is 0 Å². The fraction of sp³-hybridized carbons (Fsp3) is 0.500. The van der Waals surface area contributed by atoms with Gasteiger partial charge in [0.05, 0.1) is 13.5 Å². The fourth-order valence-corrected chi connectivity index (χ4v) is 3.67. The van der Waals surface area contributed by atoms with Gasteiger partial charge in [-0.15, -0.1) is 0 Å². The Morgan fingerprint density at radius 1 is 1.53 bits per heavy atom. The van der Waals surface area contributed by atoms with E-state index in [0.717, 1.165) is 35.7 Å². The van der Waals surface area contributed by atoms with Gasteiger partial charge < -0.3 is 9.84 Å². The first kappa shape index (κ1) is 14.5. The van der Waals surface area contributed by atoms with Crippen molar-refractivity contribution >= 4 is 29.3 Å². The maximum Gasteiger partial charge on any atom is 0.303 e. The van der Waals surface area contributed by atoms with E-state index in [-0.39, 0.29) is 11.8 Å². The summed E-state index contributed by atoms with van der Waals surface area (Å²) in [7, 11) is 1.64. The van der Waals surface area contributed by atoms with E-state index < -0.39 is 5.97 Å². The average molecular weight is 301 g/mol. The standard InChI is InChI=1S/C14H17ClO3S/c1-18-12-3-2-11(15)6-10(12)8-19-9-14(4-5-14)7-13(16)17/h2-3,6H,4-5,7-9H2,1H3,(H,16,17). The van der Waals surface area contributed by atoms with Gasteiger partial charge >= 0.3 is 5.97 Å². The number of methoxy groups -OCH3 is 1. The minimum atomic E-state index is -0.696. The Labute approximate surface area is 122 Å². The maximum absolute atomic E-state index is 10.8. The van der Waals surface area contributed by atoms with E-state index in [1.54, 1.807) is 24.9 Å². The highest BCUT2D eigenvalue weighted by Gasteiger charge is 2.44. The summed E-state index contributed by atoms with van der Waals surface area (Å²) >= 11 is 7.74. The molecular formula is C14H17ClO3S. The van der Waals surface area contributed by atoms with E-state index in [0.29, 0.717) is 5.02 Å². The molecule has 1 saturated carbocycles. The molecule has 1 aliphatic carbocycles. The summed E-state index contributed by atoms with van der Waals surface area (Å²) in [5.41, 5.74) is 1.09. The highest BCUT2D eigenvalue weighted by Crippen LogP contribution is 2.51. The van der Waals surface area contributed by atoms with Gasteiger partial charge in [0.25, 0.3) is 0 Å². The van der Waals surface area contributed by atoms with Gasteiger partial charge in [-0.05, 0) is 42.2 Å². The van der Waals surface area contributed by atoms with Gasteiger partial charge in [-0.3, -0.25) is 4.79 Å². The molecule has 1 aliphatic rings. The largest absolute Gasteiger partial charge is 0.496 e. The minimum absolute atomic E-state index is 0.0301. The SMILES string of the molecule is COc1ccc(Cl)cc1CSCC1(CC(=O)O)CC1. The van der Waals surface area contributed by atoms with Crippen LogP contribution in [-0.2, 0) is 10.5 Å². The Kier molecular flexibility index (Phi) is 4.63. The van der Waals surface area contributed by atoms with E-state index >= 15 is 0 Å². The molecule has 0 unspecified atom stereocenters. The fourth-order valence-electron chi connectivity index (χ4n) is 2.11. The van der Waals surface area contributed by atoms with E-state index in [9.17, 15) is 4.79 Å². The van der Waals surface area contributed by atoms with Crippen molar-refractivity contribution in [1.82, 2.24) is 0 Å². The summed E-state index contributed by atoms with van der Waals surface area (Å²) in [5, 5.41) is 9.57. The zero-order chi connectivity index (χ0) is 13.9. The van der Waals surface area contributed by atoms with Crippen molar-refractivity contribution in [2.75, 3.05) is 12.9 Å². The van der Waals surface area contributed by atoms with E-state index in [2.05, 4.69) is 0 Å². The smallest absolute Gasteiger partial charge is 0.303 e. The Balaban J connectivity index is 1.89. The molecule has 5 heteroatoms. The molecular weight excluding hydrogens is 284 g/mol. The van der Waals surface area contributed by atoms with Crippen LogP contribution in [-0.4, -0.2) is 23.9 Å². The van der Waals surface area contributed by atoms with Gasteiger partial charge in [-0.1, -0.05) is 11.6 Å². The number of carbonyl (C=O) groups is 1. The molecule has 0 atom stereocenters. The second kappa shape index (κ2) is 6.06. The van der Waals surface area contributed by atoms with Crippen LogP contribution in [0, 0.1) is 5.41 Å². The molecule has 1 N–H and O–H groups in total. The van der Waals surface area contributed by atoms with Crippen molar-refractivity contribution in [3.63, 3.8) is 0 Å². The van der Waals surface area contributed by atoms with Crippen LogP contribution in [0.3, 0.4) is 0 Å². The molecule has 3 nitrogen and oxygen atoms in total. The second-order valence-corrected chi connectivity index (χ2v) is 6.44. The number of halogens is 1. The van der Waals surface area contributed by atoms with Crippen LogP contribution in [0.25, 0.3) is 0 Å². The third kappa shape index (κ3) is 4.05. The van der Waals surface area contributed by atoms with Gasteiger partial charge in [0.1, 0.15) is 5.75 Å². The van der Waals surface area contributed by atoms with Crippen molar-refractivity contribution in [2.24, 2.45) is 5.41 Å². The third-order valence-corrected chi connectivity index (χ3v) is 4.96. The number of rotatable bonds is 7. The Bertz CT molecular complexity index is 472. The van der Waals surface area contributed by atoms with Gasteiger partial charge in [-0.25, -0.2) is 0 Å². The Hall–Kier alpha value is -0.870. The van der Waals surface area contributed by atoms with Crippen LogP contribution in [0.5, 0.6) is 5.75 Å². The molecule has 0 amide bonds. The summed E-state index contributed by atoms with van der Waals surface area (Å²) in [6, 6.07) is 5.58. The van der Waals surface area contributed by atoms with Gasteiger partial charge in [0, 0.05) is 16.3 Å². The quantitative estimate of drug-likeness (QED) is 0.831. The van der Waals surface area contributed by atoms with Crippen molar-refractivity contribution in [3.8, 4) is 5.75 Å². The second-order valence-electron chi connectivity index (χ2n) is 5.02. The molecule has 0 aromatic heterocycles. The van der Waals surface area contributed by atoms with Crippen molar-refractivity contribution in [3.05, 3.63) is 28.8 Å². The normalized spacial score (nSPS) is 16.1. The van der Waals surface area contributed by atoms with Crippen LogP contribution in [0.15, 0.2) is 18.2 Å². The van der Waals surface area contributed by atoms with Gasteiger partial charge in [0.15, 0.2) is 0 Å². The summed E-state index contributed by atoms with van der Waals surface area (Å²) in [5.74, 6) is 1.82. The number of thioether (sulfide) groups is 1. The molecule has 0 heterocycles. The predicted molar refractivity (Wildman–Crippen MR) is 78.1 cm³/mol. The van der Waals surface area contributed by atoms with Crippen LogP contribution >= 0.6 is 23.4 Å². The summed E-state index contributed by atoms with van der Waals surface area (Å²) in [6.45, 7) is 0. The summed E-state index contributed by atoms with van der Waals surface area (Å²) in [4.78, 5) is 10.8. The molecule has 1 aromatic carbocycles. The number of ether oxygens (including phenoxy) is 1. The zero-order valence-electron chi connectivity index (χ0n) is 10.8. The lowest BCUT2D eigenvalue weighted by atomic mass is 10.1. The van der Waals surface area contributed by atoms with Gasteiger partial charge in [-0.2, -0.15) is 11.8 Å². The maximum atomic E-state index is 10.8. The highest BCUT2D eigenvalue weighted by molar-refractivity contribution is 7.98. The molecule has 0 bridgehead atoms. The lowest BCUT2D eigenvalue weighted by Gasteiger charge is -2.13. The first-order chi connectivity index (χ1) is 9.04. The number of carboxylic acids is 1. The third-order valence-electron chi connectivity index (χ3n) is 3.39. The Morgan fingerprint density at radius 2 is 2.26 bits per heavy atom. The first-order valence-electron chi connectivity index (χ1n) is 6.17. The number of hydrogen-bond donors (Lipinski definition) is 1. The molecule has 0 spiro atoms. The zero-order valence-corrected chi connectivity index (χ0v) is 12.4. The molecule has 19 heavy (non-hydrogen) atoms. The van der Waals surface area contributed by atoms with E-state index in [1.165, 1.54) is 0 Å². The Morgan fingerprint density at radius 3 is 2.84 bits per heavy atom. The van der Waals surface area contributed by atoms with Crippen LogP contribution < -0.4 is 4.74 Å². The van der Waals surface area contributed by atoms with Crippen LogP contribution in [0.1, 0.15) is 24.8 Å². The molecule has 0 saturated heterocycles. The number of benzene rings is 1. The van der Waals surface area contributed by atoms with Gasteiger partial charge in [0.2, 0.25) is 0 Å². The van der Waals surface area contributed by atoms with Crippen molar-refractivity contribution in [2.45, 2.75) is 25.0 Å². The molecule has 104 valence electrons. The van der Waals surface area contributed by atoms with E-state index in [1.807, 2.05) is 12.1 Å². The molecule has 1 aromatic rings. The molecule has 0 aliphatic heterocycles. The summed E-state index contributed by atoms with van der Waals surface area (Å²) in [6.07, 6.45) is 2.34. The topological polar surface area (TPSA) is 46.5 Å². The molecule has 2 rings (SSSR count). The van der Waals surface area contributed by atoms with Crippen LogP contribution in [0.4, 0.5) is 0 Å². The van der Waals surface area contributed by atoms with Crippen molar-refractivity contribution < 1.29 is 14.6 Å². The molecule has 0 radical (unpaired) electrons. The molecule has 1 fully saturated rings. The lowest BCUT2D eigenvalue weighted by molar-refractivity contribution is -0.138. The minimum Gasteiger partial charge on any atom is -0.496 e.